The number of ether oxygens (including phenoxy) is 2. The average molecular weight is 288 g/mol. The first-order valence-electron chi connectivity index (χ1n) is 8.18. The molecule has 1 aromatic heterocycles. The number of rotatable bonds is 5. The summed E-state index contributed by atoms with van der Waals surface area (Å²) in [5, 5.41) is 0. The summed E-state index contributed by atoms with van der Waals surface area (Å²) in [5.74, 6) is 0.854. The van der Waals surface area contributed by atoms with E-state index in [1.807, 2.05) is 18.5 Å². The normalized spacial score (nSPS) is 28.5. The van der Waals surface area contributed by atoms with E-state index >= 15 is 0 Å². The van der Waals surface area contributed by atoms with Gasteiger partial charge in [0.2, 0.25) is 0 Å². The molecule has 1 saturated carbocycles. The number of pyridine rings is 1. The Balaban J connectivity index is 1.26. The molecule has 3 heterocycles. The molecule has 1 aliphatic carbocycles. The predicted octanol–water partition coefficient (Wildman–Crippen LogP) is 2.24. The fraction of sp³-hybridized carbons (Fsp3) is 0.706. The fourth-order valence-electron chi connectivity index (χ4n) is 3.53. The van der Waals surface area contributed by atoms with Crippen molar-refractivity contribution in [1.82, 2.24) is 9.88 Å². The van der Waals surface area contributed by atoms with Crippen LogP contribution < -0.4 is 0 Å². The lowest BCUT2D eigenvalue weighted by molar-refractivity contribution is -0.199. The second kappa shape index (κ2) is 5.67. The van der Waals surface area contributed by atoms with Crippen molar-refractivity contribution in [3.8, 4) is 0 Å². The van der Waals surface area contributed by atoms with Gasteiger partial charge in [-0.1, -0.05) is 6.07 Å². The Bertz CT molecular complexity index is 469. The summed E-state index contributed by atoms with van der Waals surface area (Å²) in [5.41, 5.74) is 1.35. The maximum atomic E-state index is 6.08. The lowest BCUT2D eigenvalue weighted by atomic mass is 9.84. The maximum absolute atomic E-state index is 6.08. The quantitative estimate of drug-likeness (QED) is 0.832. The molecule has 0 radical (unpaired) electrons. The average Bonchev–Trinajstić information content (AvgIpc) is 3.29. The molecule has 3 fully saturated rings. The van der Waals surface area contributed by atoms with E-state index in [0.29, 0.717) is 6.10 Å². The highest BCUT2D eigenvalue weighted by atomic mass is 16.5. The van der Waals surface area contributed by atoms with Crippen molar-refractivity contribution in [2.75, 3.05) is 26.3 Å². The van der Waals surface area contributed by atoms with Crippen molar-refractivity contribution in [3.63, 3.8) is 0 Å². The van der Waals surface area contributed by atoms with Crippen molar-refractivity contribution in [3.05, 3.63) is 30.1 Å². The molecule has 1 atom stereocenters. The molecule has 2 aliphatic heterocycles. The molecule has 0 amide bonds. The number of nitrogens with zero attached hydrogens (tertiary/aromatic N) is 2. The second-order valence-electron chi connectivity index (χ2n) is 6.93. The minimum atomic E-state index is 0.0642. The summed E-state index contributed by atoms with van der Waals surface area (Å²) < 4.78 is 12.2. The van der Waals surface area contributed by atoms with Gasteiger partial charge < -0.3 is 9.47 Å². The van der Waals surface area contributed by atoms with Crippen LogP contribution in [0.25, 0.3) is 0 Å². The molecule has 0 aromatic carbocycles. The molecule has 21 heavy (non-hydrogen) atoms. The van der Waals surface area contributed by atoms with Crippen LogP contribution in [-0.4, -0.2) is 47.9 Å². The molecule has 0 N–H and O–H groups in total. The summed E-state index contributed by atoms with van der Waals surface area (Å²) in [7, 11) is 0. The van der Waals surface area contributed by atoms with Gasteiger partial charge in [0.25, 0.3) is 0 Å². The highest BCUT2D eigenvalue weighted by Gasteiger charge is 2.47. The SMILES string of the molecule is c1cncc(CN2CC3(C[C@@H](OCC4CC4)CCO3)C2)c1. The molecular formula is C17H24N2O2. The summed E-state index contributed by atoms with van der Waals surface area (Å²) in [4.78, 5) is 6.63. The van der Waals surface area contributed by atoms with E-state index < -0.39 is 0 Å². The van der Waals surface area contributed by atoms with Crippen LogP contribution in [0.5, 0.6) is 0 Å². The maximum Gasteiger partial charge on any atom is 0.0959 e. The molecule has 2 saturated heterocycles. The monoisotopic (exact) mass is 288 g/mol. The molecule has 0 unspecified atom stereocenters. The van der Waals surface area contributed by atoms with Crippen molar-refractivity contribution >= 4 is 0 Å². The van der Waals surface area contributed by atoms with Gasteiger partial charge in [-0.25, -0.2) is 0 Å². The molecule has 1 spiro atoms. The van der Waals surface area contributed by atoms with E-state index in [2.05, 4.69) is 16.0 Å². The Kier molecular flexibility index (Phi) is 3.69. The van der Waals surface area contributed by atoms with Crippen LogP contribution in [-0.2, 0) is 16.0 Å². The van der Waals surface area contributed by atoms with E-state index in [1.54, 1.807) is 0 Å². The van der Waals surface area contributed by atoms with Crippen LogP contribution >= 0.6 is 0 Å². The first kappa shape index (κ1) is 13.7. The molecular weight excluding hydrogens is 264 g/mol. The van der Waals surface area contributed by atoms with Gasteiger partial charge in [0, 0.05) is 51.7 Å². The summed E-state index contributed by atoms with van der Waals surface area (Å²) >= 11 is 0. The predicted molar refractivity (Wildman–Crippen MR) is 79.9 cm³/mol. The number of hydrogen-bond donors (Lipinski definition) is 0. The van der Waals surface area contributed by atoms with Gasteiger partial charge in [0.05, 0.1) is 11.7 Å². The lowest BCUT2D eigenvalue weighted by Crippen LogP contribution is -2.65. The van der Waals surface area contributed by atoms with Gasteiger partial charge in [0.15, 0.2) is 0 Å². The van der Waals surface area contributed by atoms with Crippen molar-refractivity contribution in [1.29, 1.82) is 0 Å². The molecule has 4 rings (SSSR count). The first-order valence-corrected chi connectivity index (χ1v) is 8.18. The highest BCUT2D eigenvalue weighted by molar-refractivity contribution is 5.11. The third-order valence-electron chi connectivity index (χ3n) is 4.86. The zero-order valence-corrected chi connectivity index (χ0v) is 12.5. The molecule has 1 aromatic rings. The Morgan fingerprint density at radius 3 is 3.00 bits per heavy atom. The first-order chi connectivity index (χ1) is 10.3. The minimum absolute atomic E-state index is 0.0642. The Labute approximate surface area is 126 Å². The lowest BCUT2D eigenvalue weighted by Gasteiger charge is -2.53. The van der Waals surface area contributed by atoms with Crippen LogP contribution in [0.3, 0.4) is 0 Å². The van der Waals surface area contributed by atoms with Crippen molar-refractivity contribution in [2.24, 2.45) is 5.92 Å². The van der Waals surface area contributed by atoms with Gasteiger partial charge >= 0.3 is 0 Å². The summed E-state index contributed by atoms with van der Waals surface area (Å²) in [6.45, 7) is 4.87. The van der Waals surface area contributed by atoms with E-state index in [0.717, 1.165) is 51.6 Å². The van der Waals surface area contributed by atoms with Crippen molar-refractivity contribution in [2.45, 2.75) is 43.9 Å². The zero-order valence-electron chi connectivity index (χ0n) is 12.5. The molecule has 4 nitrogen and oxygen atoms in total. The van der Waals surface area contributed by atoms with Gasteiger partial charge in [-0.05, 0) is 36.8 Å². The summed E-state index contributed by atoms with van der Waals surface area (Å²) in [6, 6.07) is 4.14. The Hall–Kier alpha value is -0.970. The molecule has 114 valence electrons. The molecule has 3 aliphatic rings. The van der Waals surface area contributed by atoms with Gasteiger partial charge in [-0.2, -0.15) is 0 Å². The Morgan fingerprint density at radius 2 is 2.24 bits per heavy atom. The zero-order chi connectivity index (χ0) is 14.1. The van der Waals surface area contributed by atoms with Gasteiger partial charge in [0.1, 0.15) is 0 Å². The molecule has 4 heteroatoms. The number of hydrogen-bond acceptors (Lipinski definition) is 4. The fourth-order valence-corrected chi connectivity index (χ4v) is 3.53. The Morgan fingerprint density at radius 1 is 1.33 bits per heavy atom. The van der Waals surface area contributed by atoms with E-state index in [9.17, 15) is 0 Å². The highest BCUT2D eigenvalue weighted by Crippen LogP contribution is 2.37. The van der Waals surface area contributed by atoms with Crippen LogP contribution in [0.1, 0.15) is 31.2 Å². The third-order valence-corrected chi connectivity index (χ3v) is 4.86. The minimum Gasteiger partial charge on any atom is -0.378 e. The van der Waals surface area contributed by atoms with E-state index in [-0.39, 0.29) is 5.60 Å². The van der Waals surface area contributed by atoms with Gasteiger partial charge in [-0.3, -0.25) is 9.88 Å². The van der Waals surface area contributed by atoms with Crippen LogP contribution in [0.4, 0.5) is 0 Å². The largest absolute Gasteiger partial charge is 0.378 e. The topological polar surface area (TPSA) is 34.6 Å². The standard InChI is InChI=1S/C17H24N2O2/c1-2-15(9-18-6-1)10-19-12-17(13-19)8-16(5-7-21-17)20-11-14-3-4-14/h1-2,6,9,14,16H,3-5,7-8,10-13H2/t16-/m0/s1. The second-order valence-corrected chi connectivity index (χ2v) is 6.93. The molecule has 0 bridgehead atoms. The van der Waals surface area contributed by atoms with Crippen LogP contribution in [0.15, 0.2) is 24.5 Å². The van der Waals surface area contributed by atoms with Crippen LogP contribution in [0.2, 0.25) is 0 Å². The third kappa shape index (κ3) is 3.28. The van der Waals surface area contributed by atoms with E-state index in [4.69, 9.17) is 9.47 Å². The number of likely N-dealkylation sites (tertiary alicyclic amines) is 1. The van der Waals surface area contributed by atoms with Crippen molar-refractivity contribution < 1.29 is 9.47 Å². The summed E-state index contributed by atoms with van der Waals surface area (Å²) in [6.07, 6.45) is 9.07. The van der Waals surface area contributed by atoms with Crippen LogP contribution in [0, 0.1) is 5.92 Å². The smallest absolute Gasteiger partial charge is 0.0959 e. The van der Waals surface area contributed by atoms with E-state index in [1.165, 1.54) is 18.4 Å². The number of aromatic nitrogens is 1. The van der Waals surface area contributed by atoms with Gasteiger partial charge in [-0.15, -0.1) is 0 Å².